The van der Waals surface area contributed by atoms with Crippen LogP contribution in [0, 0.1) is 0 Å². The lowest BCUT2D eigenvalue weighted by atomic mass is 10.2. The fraction of sp³-hybridized carbons (Fsp3) is 0.235. The van der Waals surface area contributed by atoms with Gasteiger partial charge in [-0.1, -0.05) is 18.2 Å². The van der Waals surface area contributed by atoms with Crippen molar-refractivity contribution in [2.24, 2.45) is 5.14 Å². The van der Waals surface area contributed by atoms with Gasteiger partial charge in [0.2, 0.25) is 0 Å². The molecule has 11 heteroatoms. The summed E-state index contributed by atoms with van der Waals surface area (Å²) in [4.78, 5) is 11.3. The Morgan fingerprint density at radius 3 is 2.39 bits per heavy atom. The number of anilines is 1. The molecule has 0 aliphatic rings. The Labute approximate surface area is 169 Å². The highest BCUT2D eigenvalue weighted by atomic mass is 32.2. The van der Waals surface area contributed by atoms with Crippen LogP contribution in [0.15, 0.2) is 63.2 Å². The maximum Gasteiger partial charge on any atom is 0.475 e. The van der Waals surface area contributed by atoms with Crippen LogP contribution in [0.4, 0.5) is 18.9 Å². The zero-order valence-corrected chi connectivity index (χ0v) is 16.8. The maximum absolute atomic E-state index is 13.0. The summed E-state index contributed by atoms with van der Waals surface area (Å²) in [6.45, 7) is 0. The molecule has 0 fully saturated rings. The van der Waals surface area contributed by atoms with Crippen LogP contribution in [0.2, 0.25) is 0 Å². The van der Waals surface area contributed by atoms with E-state index in [-0.39, 0.29) is 17.0 Å². The van der Waals surface area contributed by atoms with Gasteiger partial charge in [-0.05, 0) is 30.3 Å². The SMILES string of the molecule is NS(=O)c1ccc(NC(CC=O)CSc2ccccc2)c(S(=O)C(F)(F)F)c1. The number of hydrogen-bond acceptors (Lipinski definition) is 5. The molecule has 0 bridgehead atoms. The first kappa shape index (κ1) is 22.6. The molecule has 152 valence electrons. The van der Waals surface area contributed by atoms with Crippen molar-refractivity contribution in [3.8, 4) is 0 Å². The Kier molecular flexibility index (Phi) is 8.23. The minimum absolute atomic E-state index is 0.0441. The average Bonchev–Trinajstić information content (AvgIpc) is 2.66. The van der Waals surface area contributed by atoms with Crippen molar-refractivity contribution in [2.75, 3.05) is 11.1 Å². The topological polar surface area (TPSA) is 89.3 Å². The van der Waals surface area contributed by atoms with Gasteiger partial charge >= 0.3 is 5.51 Å². The van der Waals surface area contributed by atoms with Crippen molar-refractivity contribution < 1.29 is 26.4 Å². The maximum atomic E-state index is 13.0. The highest BCUT2D eigenvalue weighted by molar-refractivity contribution is 7.99. The van der Waals surface area contributed by atoms with Gasteiger partial charge in [-0.2, -0.15) is 13.2 Å². The lowest BCUT2D eigenvalue weighted by molar-refractivity contribution is -0.107. The minimum Gasteiger partial charge on any atom is -0.380 e. The van der Waals surface area contributed by atoms with Gasteiger partial charge in [0.1, 0.15) is 17.3 Å². The molecule has 0 heterocycles. The number of rotatable bonds is 9. The highest BCUT2D eigenvalue weighted by Crippen LogP contribution is 2.33. The van der Waals surface area contributed by atoms with Crippen LogP contribution < -0.4 is 10.5 Å². The summed E-state index contributed by atoms with van der Waals surface area (Å²) in [6, 6.07) is 12.2. The smallest absolute Gasteiger partial charge is 0.380 e. The first-order valence-corrected chi connectivity index (χ1v) is 11.2. The summed E-state index contributed by atoms with van der Waals surface area (Å²) in [5, 5.41) is 8.08. The number of alkyl halides is 3. The number of thioether (sulfide) groups is 1. The molecule has 0 aliphatic heterocycles. The lowest BCUT2D eigenvalue weighted by Gasteiger charge is -2.20. The molecule has 2 aromatic carbocycles. The van der Waals surface area contributed by atoms with E-state index >= 15 is 0 Å². The Morgan fingerprint density at radius 2 is 1.82 bits per heavy atom. The third-order valence-corrected chi connectivity index (χ3v) is 6.58. The summed E-state index contributed by atoms with van der Waals surface area (Å²) in [5.74, 6) is 0.394. The number of halogens is 3. The molecule has 28 heavy (non-hydrogen) atoms. The zero-order valence-electron chi connectivity index (χ0n) is 14.3. The second-order valence-corrected chi connectivity index (χ2v) is 9.14. The van der Waals surface area contributed by atoms with E-state index in [4.69, 9.17) is 5.14 Å². The van der Waals surface area contributed by atoms with Gasteiger partial charge in [0.25, 0.3) is 0 Å². The van der Waals surface area contributed by atoms with Crippen LogP contribution in [-0.2, 0) is 26.6 Å². The minimum atomic E-state index is -5.00. The van der Waals surface area contributed by atoms with E-state index in [1.54, 1.807) is 0 Å². The number of carbonyl (C=O) groups is 1. The van der Waals surface area contributed by atoms with Gasteiger partial charge < -0.3 is 10.1 Å². The van der Waals surface area contributed by atoms with Crippen molar-refractivity contribution >= 4 is 45.5 Å². The molecule has 0 saturated carbocycles. The van der Waals surface area contributed by atoms with E-state index in [1.165, 1.54) is 23.9 Å². The Balaban J connectivity index is 2.28. The molecule has 0 aliphatic carbocycles. The Hall–Kier alpha value is -1.69. The molecule has 3 N–H and O–H groups in total. The van der Waals surface area contributed by atoms with Gasteiger partial charge in [-0.15, -0.1) is 11.8 Å². The quantitative estimate of drug-likeness (QED) is 0.451. The third-order valence-electron chi connectivity index (χ3n) is 3.53. The molecule has 0 aromatic heterocycles. The summed E-state index contributed by atoms with van der Waals surface area (Å²) >= 11 is 1.43. The van der Waals surface area contributed by atoms with Crippen molar-refractivity contribution in [1.82, 2.24) is 0 Å². The molecule has 3 unspecified atom stereocenters. The Bertz CT molecular complexity index is 864. The molecule has 5 nitrogen and oxygen atoms in total. The number of hydrogen-bond donors (Lipinski definition) is 2. The van der Waals surface area contributed by atoms with Gasteiger partial charge in [0.15, 0.2) is 10.8 Å². The van der Waals surface area contributed by atoms with Crippen LogP contribution in [0.5, 0.6) is 0 Å². The van der Waals surface area contributed by atoms with E-state index < -0.39 is 38.2 Å². The molecule has 0 amide bonds. The predicted molar refractivity (Wildman–Crippen MR) is 105 cm³/mol. The van der Waals surface area contributed by atoms with Crippen LogP contribution in [0.3, 0.4) is 0 Å². The lowest BCUT2D eigenvalue weighted by Crippen LogP contribution is -2.25. The van der Waals surface area contributed by atoms with Gasteiger partial charge in [0.05, 0.1) is 15.5 Å². The fourth-order valence-corrected chi connectivity index (χ4v) is 4.53. The molecule has 2 rings (SSSR count). The number of nitrogens with one attached hydrogen (secondary N) is 1. The van der Waals surface area contributed by atoms with E-state index in [0.717, 1.165) is 11.0 Å². The van der Waals surface area contributed by atoms with E-state index in [1.807, 2.05) is 30.3 Å². The molecular formula is C17H17F3N2O3S3. The third kappa shape index (κ3) is 6.43. The first-order valence-electron chi connectivity index (χ1n) is 7.89. The molecule has 0 spiro atoms. The molecule has 2 aromatic rings. The largest absolute Gasteiger partial charge is 0.475 e. The molecule has 3 atom stereocenters. The number of nitrogens with two attached hydrogens (primary N) is 1. The summed E-state index contributed by atoms with van der Waals surface area (Å²) in [6.07, 6.45) is 0.704. The standard InChI is InChI=1S/C17H17F3N2O3S3/c18-17(19,20)27(24)16-10-14(28(21)25)6-7-15(16)22-12(8-9-23)11-26-13-4-2-1-3-5-13/h1-7,9-10,12,22H,8,11,21H2. The van der Waals surface area contributed by atoms with Crippen molar-refractivity contribution in [2.45, 2.75) is 32.7 Å². The van der Waals surface area contributed by atoms with Crippen LogP contribution >= 0.6 is 11.8 Å². The van der Waals surface area contributed by atoms with Crippen molar-refractivity contribution in [3.63, 3.8) is 0 Å². The van der Waals surface area contributed by atoms with Crippen molar-refractivity contribution in [3.05, 3.63) is 48.5 Å². The van der Waals surface area contributed by atoms with Gasteiger partial charge in [-0.25, -0.2) is 13.6 Å². The van der Waals surface area contributed by atoms with E-state index in [0.29, 0.717) is 12.0 Å². The zero-order chi connectivity index (χ0) is 20.7. The van der Waals surface area contributed by atoms with Gasteiger partial charge in [-0.3, -0.25) is 0 Å². The second kappa shape index (κ2) is 10.2. The van der Waals surface area contributed by atoms with Gasteiger partial charge in [0, 0.05) is 23.1 Å². The normalized spacial score (nSPS) is 14.9. The monoisotopic (exact) mass is 450 g/mol. The molecule has 0 saturated heterocycles. The number of benzene rings is 2. The van der Waals surface area contributed by atoms with Crippen LogP contribution in [0.25, 0.3) is 0 Å². The molecular weight excluding hydrogens is 433 g/mol. The van der Waals surface area contributed by atoms with E-state index in [2.05, 4.69) is 5.32 Å². The summed E-state index contributed by atoms with van der Waals surface area (Å²) < 4.78 is 62.3. The summed E-state index contributed by atoms with van der Waals surface area (Å²) in [5.41, 5.74) is -5.05. The van der Waals surface area contributed by atoms with Crippen molar-refractivity contribution in [1.29, 1.82) is 0 Å². The number of aldehydes is 1. The average molecular weight is 451 g/mol. The Morgan fingerprint density at radius 1 is 1.14 bits per heavy atom. The fourth-order valence-electron chi connectivity index (χ4n) is 2.24. The number of carbonyl (C=O) groups excluding carboxylic acids is 1. The van der Waals surface area contributed by atoms with Crippen LogP contribution in [-0.4, -0.2) is 32.0 Å². The first-order chi connectivity index (χ1) is 13.2. The predicted octanol–water partition coefficient (Wildman–Crippen LogP) is 3.46. The van der Waals surface area contributed by atoms with Crippen LogP contribution in [0.1, 0.15) is 6.42 Å². The highest BCUT2D eigenvalue weighted by Gasteiger charge is 2.39. The summed E-state index contributed by atoms with van der Waals surface area (Å²) in [7, 11) is -5.37. The molecule has 0 radical (unpaired) electrons. The second-order valence-electron chi connectivity index (χ2n) is 5.54. The van der Waals surface area contributed by atoms with E-state index in [9.17, 15) is 26.4 Å².